The Hall–Kier alpha value is -3.35. The zero-order valence-electron chi connectivity index (χ0n) is 16.4. The van der Waals surface area contributed by atoms with Gasteiger partial charge in [0.2, 0.25) is 5.95 Å². The number of pyridine rings is 2. The van der Waals surface area contributed by atoms with Gasteiger partial charge in [0, 0.05) is 41.1 Å². The molecule has 30 heavy (non-hydrogen) atoms. The van der Waals surface area contributed by atoms with Gasteiger partial charge in [0.1, 0.15) is 17.8 Å². The Morgan fingerprint density at radius 2 is 1.83 bits per heavy atom. The minimum Gasteiger partial charge on any atom is -0.346 e. The minimum atomic E-state index is -0.471. The topological polar surface area (TPSA) is 79.4 Å². The van der Waals surface area contributed by atoms with E-state index >= 15 is 0 Å². The van der Waals surface area contributed by atoms with E-state index < -0.39 is 5.95 Å². The van der Waals surface area contributed by atoms with Gasteiger partial charge in [0.25, 0.3) is 0 Å². The van der Waals surface area contributed by atoms with Gasteiger partial charge in [-0.25, -0.2) is 15.0 Å². The zero-order chi connectivity index (χ0) is 20.1. The number of halogens is 1. The molecular formula is C23H21FN6. The smallest absolute Gasteiger partial charge is 0.218 e. The summed E-state index contributed by atoms with van der Waals surface area (Å²) < 4.78 is 14.8. The van der Waals surface area contributed by atoms with Crippen LogP contribution in [0.5, 0.6) is 0 Å². The molecule has 0 radical (unpaired) electrons. The Bertz CT molecular complexity index is 1220. The van der Waals surface area contributed by atoms with E-state index in [0.717, 1.165) is 46.5 Å². The maximum absolute atomic E-state index is 14.8. The van der Waals surface area contributed by atoms with Crippen LogP contribution in [0.15, 0.2) is 43.0 Å². The van der Waals surface area contributed by atoms with Gasteiger partial charge in [-0.1, -0.05) is 6.07 Å². The van der Waals surface area contributed by atoms with E-state index in [-0.39, 0.29) is 0 Å². The Morgan fingerprint density at radius 3 is 2.57 bits per heavy atom. The van der Waals surface area contributed by atoms with E-state index in [4.69, 9.17) is 0 Å². The summed E-state index contributed by atoms with van der Waals surface area (Å²) in [5.74, 6) is 1.11. The number of hydrogen-bond acceptors (Lipinski definition) is 5. The monoisotopic (exact) mass is 400 g/mol. The van der Waals surface area contributed by atoms with Crippen LogP contribution in [-0.4, -0.2) is 24.9 Å². The largest absolute Gasteiger partial charge is 0.346 e. The van der Waals surface area contributed by atoms with Crippen LogP contribution in [0, 0.1) is 5.95 Å². The predicted octanol–water partition coefficient (Wildman–Crippen LogP) is 4.98. The van der Waals surface area contributed by atoms with Gasteiger partial charge in [-0.05, 0) is 49.4 Å². The minimum absolute atomic E-state index is 0.448. The van der Waals surface area contributed by atoms with Gasteiger partial charge in [-0.2, -0.15) is 4.39 Å². The average Bonchev–Trinajstić information content (AvgIpc) is 3.68. The Morgan fingerprint density at radius 1 is 0.967 bits per heavy atom. The number of nitrogens with zero attached hydrogens (tertiary/aromatic N) is 4. The molecule has 0 unspecified atom stereocenters. The van der Waals surface area contributed by atoms with Gasteiger partial charge in [0.05, 0.1) is 17.6 Å². The second kappa shape index (κ2) is 6.86. The van der Waals surface area contributed by atoms with E-state index in [9.17, 15) is 4.39 Å². The number of fused-ring (bicyclic) bond motifs is 1. The Labute approximate surface area is 173 Å². The van der Waals surface area contributed by atoms with Crippen molar-refractivity contribution in [3.63, 3.8) is 0 Å². The van der Waals surface area contributed by atoms with Gasteiger partial charge < -0.3 is 10.3 Å². The molecule has 0 spiro atoms. The summed E-state index contributed by atoms with van der Waals surface area (Å²) in [6.45, 7) is 0. The zero-order valence-corrected chi connectivity index (χ0v) is 16.4. The van der Waals surface area contributed by atoms with Crippen molar-refractivity contribution in [3.05, 3.63) is 71.4 Å². The number of aromatic amines is 1. The maximum Gasteiger partial charge on any atom is 0.218 e. The van der Waals surface area contributed by atoms with Gasteiger partial charge in [-0.15, -0.1) is 0 Å². The van der Waals surface area contributed by atoms with Crippen LogP contribution in [-0.2, 0) is 6.42 Å². The molecule has 0 aromatic carbocycles. The molecule has 2 N–H and O–H groups in total. The predicted molar refractivity (Wildman–Crippen MR) is 112 cm³/mol. The summed E-state index contributed by atoms with van der Waals surface area (Å²) in [6.07, 6.45) is 10.5. The van der Waals surface area contributed by atoms with Gasteiger partial charge in [-0.3, -0.25) is 4.98 Å². The lowest BCUT2D eigenvalue weighted by Gasteiger charge is -2.09. The first-order chi connectivity index (χ1) is 14.7. The maximum atomic E-state index is 14.8. The fraction of sp³-hybridized carbons (Fsp3) is 0.304. The second-order valence-corrected chi connectivity index (χ2v) is 8.26. The Kier molecular flexibility index (Phi) is 4.00. The first-order valence-electron chi connectivity index (χ1n) is 10.4. The summed E-state index contributed by atoms with van der Waals surface area (Å²) >= 11 is 0. The number of hydrogen-bond donors (Lipinski definition) is 2. The second-order valence-electron chi connectivity index (χ2n) is 8.26. The fourth-order valence-corrected chi connectivity index (χ4v) is 3.98. The molecule has 7 heteroatoms. The van der Waals surface area contributed by atoms with E-state index in [1.54, 1.807) is 24.7 Å². The van der Waals surface area contributed by atoms with Crippen molar-refractivity contribution < 1.29 is 4.39 Å². The Balaban J connectivity index is 1.23. The molecule has 0 atom stereocenters. The lowest BCUT2D eigenvalue weighted by Crippen LogP contribution is -2.01. The normalized spacial score (nSPS) is 16.2. The molecule has 2 fully saturated rings. The van der Waals surface area contributed by atoms with Crippen LogP contribution in [0.4, 0.5) is 15.9 Å². The summed E-state index contributed by atoms with van der Waals surface area (Å²) in [4.78, 5) is 20.6. The molecule has 0 bridgehead atoms. The first kappa shape index (κ1) is 17.5. The molecule has 4 heterocycles. The molecule has 0 aliphatic heterocycles. The molecule has 6 nitrogen and oxygen atoms in total. The summed E-state index contributed by atoms with van der Waals surface area (Å²) in [5, 5.41) is 4.17. The van der Waals surface area contributed by atoms with Crippen LogP contribution in [0.25, 0.3) is 11.0 Å². The third-order valence-electron chi connectivity index (χ3n) is 5.91. The molecule has 0 amide bonds. The van der Waals surface area contributed by atoms with Crippen molar-refractivity contribution >= 4 is 22.5 Å². The number of H-pyrrole nitrogens is 1. The third-order valence-corrected chi connectivity index (χ3v) is 5.91. The lowest BCUT2D eigenvalue weighted by atomic mass is 10.0. The van der Waals surface area contributed by atoms with Crippen LogP contribution < -0.4 is 5.32 Å². The molecule has 2 aliphatic carbocycles. The molecule has 150 valence electrons. The molecule has 6 rings (SSSR count). The van der Waals surface area contributed by atoms with Crippen LogP contribution >= 0.6 is 0 Å². The van der Waals surface area contributed by atoms with E-state index in [1.165, 1.54) is 12.8 Å². The molecule has 2 aliphatic rings. The van der Waals surface area contributed by atoms with E-state index in [0.29, 0.717) is 29.6 Å². The van der Waals surface area contributed by atoms with Crippen LogP contribution in [0.3, 0.4) is 0 Å². The van der Waals surface area contributed by atoms with Crippen molar-refractivity contribution in [3.8, 4) is 0 Å². The van der Waals surface area contributed by atoms with Crippen molar-refractivity contribution in [1.29, 1.82) is 0 Å². The van der Waals surface area contributed by atoms with Crippen molar-refractivity contribution in [2.24, 2.45) is 0 Å². The SMILES string of the molecule is Fc1nc(Nc2ccc(C3CC3)nc2)ccc1Cc1c[nH]c2ncnc(C3CC3)c12. The van der Waals surface area contributed by atoms with Crippen LogP contribution in [0.2, 0.25) is 0 Å². The lowest BCUT2D eigenvalue weighted by molar-refractivity contribution is 0.572. The first-order valence-corrected chi connectivity index (χ1v) is 10.4. The van der Waals surface area contributed by atoms with Crippen LogP contribution in [0.1, 0.15) is 60.0 Å². The number of anilines is 2. The summed E-state index contributed by atoms with van der Waals surface area (Å²) in [6, 6.07) is 7.59. The van der Waals surface area contributed by atoms with Crippen molar-refractivity contribution in [2.45, 2.75) is 43.9 Å². The third kappa shape index (κ3) is 3.30. The van der Waals surface area contributed by atoms with E-state index in [2.05, 4.69) is 30.2 Å². The quantitative estimate of drug-likeness (QED) is 0.447. The molecular weight excluding hydrogens is 379 g/mol. The summed E-state index contributed by atoms with van der Waals surface area (Å²) in [5.41, 5.74) is 5.38. The number of nitrogens with one attached hydrogen (secondary N) is 2. The summed E-state index contributed by atoms with van der Waals surface area (Å²) in [7, 11) is 0. The number of rotatable bonds is 6. The standard InChI is InChI=1S/C23H21FN6/c24-22-15(9-16-10-26-23-20(16)21(14-3-4-14)27-12-28-23)5-8-19(30-22)29-17-6-7-18(25-11-17)13-1-2-13/h5-8,10-14H,1-4,9H2,(H,29,30)(H,26,27,28). The highest BCUT2D eigenvalue weighted by molar-refractivity contribution is 5.83. The van der Waals surface area contributed by atoms with Crippen molar-refractivity contribution in [1.82, 2.24) is 24.9 Å². The average molecular weight is 400 g/mol. The van der Waals surface area contributed by atoms with E-state index in [1.807, 2.05) is 18.3 Å². The highest BCUT2D eigenvalue weighted by atomic mass is 19.1. The highest BCUT2D eigenvalue weighted by Gasteiger charge is 2.28. The van der Waals surface area contributed by atoms with Crippen molar-refractivity contribution in [2.75, 3.05) is 5.32 Å². The molecule has 4 aromatic rings. The number of aromatic nitrogens is 5. The highest BCUT2D eigenvalue weighted by Crippen LogP contribution is 2.42. The molecule has 0 saturated heterocycles. The fourth-order valence-electron chi connectivity index (χ4n) is 3.98. The molecule has 2 saturated carbocycles. The van der Waals surface area contributed by atoms with Gasteiger partial charge >= 0.3 is 0 Å². The molecule has 4 aromatic heterocycles. The van der Waals surface area contributed by atoms with Gasteiger partial charge in [0.15, 0.2) is 0 Å².